The van der Waals surface area contributed by atoms with E-state index < -0.39 is 0 Å². The Bertz CT molecular complexity index is 1820. The summed E-state index contributed by atoms with van der Waals surface area (Å²) in [5.41, 5.74) is 13.5. The van der Waals surface area contributed by atoms with Gasteiger partial charge in [0.05, 0.1) is 22.8 Å². The van der Waals surface area contributed by atoms with E-state index in [2.05, 4.69) is 180 Å². The van der Waals surface area contributed by atoms with Gasteiger partial charge >= 0.3 is 0 Å². The van der Waals surface area contributed by atoms with Gasteiger partial charge in [0.2, 0.25) is 0 Å². The fourth-order valence-corrected chi connectivity index (χ4v) is 6.20. The summed E-state index contributed by atoms with van der Waals surface area (Å²) in [5, 5.41) is 0. The highest BCUT2D eigenvalue weighted by molar-refractivity contribution is 5.88. The van der Waals surface area contributed by atoms with E-state index in [0.717, 1.165) is 45.0 Å². The minimum atomic E-state index is 0.0452. The number of hydrogen-bond acceptors (Lipinski definition) is 4. The Kier molecular flexibility index (Phi) is 8.83. The third-order valence-corrected chi connectivity index (χ3v) is 9.62. The molecular weight excluding hydrogens is 609 g/mol. The smallest absolute Gasteiger partial charge is 0.199 e. The summed E-state index contributed by atoms with van der Waals surface area (Å²) >= 11 is 0. The van der Waals surface area contributed by atoms with Crippen molar-refractivity contribution in [1.29, 1.82) is 0 Å². The molecule has 0 bridgehead atoms. The van der Waals surface area contributed by atoms with Crippen LogP contribution in [0.15, 0.2) is 97.1 Å². The molecule has 0 amide bonds. The highest BCUT2D eigenvalue weighted by atomic mass is 15.0. The number of benzene rings is 4. The summed E-state index contributed by atoms with van der Waals surface area (Å²) in [6.45, 7) is 26.8. The second-order valence-electron chi connectivity index (χ2n) is 17.8. The molecule has 0 aliphatic carbocycles. The van der Waals surface area contributed by atoms with Crippen molar-refractivity contribution in [3.63, 3.8) is 0 Å². The van der Waals surface area contributed by atoms with Crippen LogP contribution in [0.3, 0.4) is 0 Å². The summed E-state index contributed by atoms with van der Waals surface area (Å²) in [7, 11) is 0. The van der Waals surface area contributed by atoms with Crippen LogP contribution in [0.2, 0.25) is 0 Å². The molecule has 2 heterocycles. The number of aromatic nitrogens is 4. The van der Waals surface area contributed by atoms with Crippen LogP contribution in [0.25, 0.3) is 56.3 Å². The average molecular weight is 661 g/mol. The highest BCUT2D eigenvalue weighted by Gasteiger charge is 2.23. The minimum absolute atomic E-state index is 0.0452. The van der Waals surface area contributed by atoms with Crippen molar-refractivity contribution >= 4 is 11.3 Å². The van der Waals surface area contributed by atoms with E-state index >= 15 is 0 Å². The Hall–Kier alpha value is -4.70. The van der Waals surface area contributed by atoms with Crippen LogP contribution in [0.4, 0.5) is 0 Å². The molecule has 4 nitrogen and oxygen atoms in total. The number of rotatable bonds is 4. The lowest BCUT2D eigenvalue weighted by Gasteiger charge is -2.21. The molecule has 0 atom stereocenters. The van der Waals surface area contributed by atoms with Gasteiger partial charge < -0.3 is 0 Å². The van der Waals surface area contributed by atoms with Gasteiger partial charge in [-0.2, -0.15) is 0 Å². The van der Waals surface area contributed by atoms with E-state index in [1.165, 1.54) is 22.3 Å². The Morgan fingerprint density at radius 1 is 0.260 bits per heavy atom. The summed E-state index contributed by atoms with van der Waals surface area (Å²) in [6, 6.07) is 34.9. The Morgan fingerprint density at radius 3 is 0.560 bits per heavy atom. The second kappa shape index (κ2) is 12.6. The van der Waals surface area contributed by atoms with Crippen molar-refractivity contribution in [3.05, 3.63) is 119 Å². The monoisotopic (exact) mass is 660 g/mol. The lowest BCUT2D eigenvalue weighted by Crippen LogP contribution is -2.11. The molecule has 0 fully saturated rings. The van der Waals surface area contributed by atoms with Crippen molar-refractivity contribution < 1.29 is 0 Å². The quantitative estimate of drug-likeness (QED) is 0.189. The Balaban J connectivity index is 1.60. The first-order valence-corrected chi connectivity index (χ1v) is 17.8. The predicted molar refractivity (Wildman–Crippen MR) is 212 cm³/mol. The van der Waals surface area contributed by atoms with Crippen LogP contribution in [0.5, 0.6) is 0 Å². The van der Waals surface area contributed by atoms with Gasteiger partial charge in [-0.15, -0.1) is 0 Å². The zero-order valence-corrected chi connectivity index (χ0v) is 32.0. The van der Waals surface area contributed by atoms with Gasteiger partial charge in [-0.1, -0.05) is 180 Å². The lowest BCUT2D eigenvalue weighted by molar-refractivity contribution is 0.590. The first-order chi connectivity index (χ1) is 23.3. The van der Waals surface area contributed by atoms with Gasteiger partial charge in [-0.05, 0) is 43.9 Å². The molecular formula is C46H52N4. The van der Waals surface area contributed by atoms with Crippen molar-refractivity contribution in [2.75, 3.05) is 0 Å². The van der Waals surface area contributed by atoms with Crippen molar-refractivity contribution in [2.24, 2.45) is 0 Å². The standard InChI is InChI=1S/C46H52N4/c1-43(2,3)33-21-13-29(14-22-33)37-38(30-15-23-34(24-16-30)44(4,5)6)48-42-41(47-37)49-39(31-17-25-35(26-18-31)45(7,8)9)40(50-42)32-19-27-36(28-20-32)46(10,11)12/h13-28H,1-12H3. The van der Waals surface area contributed by atoms with E-state index in [1.54, 1.807) is 0 Å². The van der Waals surface area contributed by atoms with Crippen molar-refractivity contribution in [2.45, 2.75) is 105 Å². The number of fused-ring (bicyclic) bond motifs is 1. The van der Waals surface area contributed by atoms with Gasteiger partial charge in [0.15, 0.2) is 11.3 Å². The normalized spacial score (nSPS) is 12.8. The van der Waals surface area contributed by atoms with E-state index in [1.807, 2.05) is 0 Å². The third-order valence-electron chi connectivity index (χ3n) is 9.62. The maximum atomic E-state index is 5.27. The minimum Gasteiger partial charge on any atom is -0.223 e. The maximum Gasteiger partial charge on any atom is 0.199 e. The molecule has 6 rings (SSSR count). The Morgan fingerprint density at radius 2 is 0.420 bits per heavy atom. The topological polar surface area (TPSA) is 51.6 Å². The zero-order valence-electron chi connectivity index (χ0n) is 32.0. The maximum absolute atomic E-state index is 5.27. The Labute approximate surface area is 299 Å². The van der Waals surface area contributed by atoms with E-state index in [-0.39, 0.29) is 21.7 Å². The molecule has 256 valence electrons. The first kappa shape index (κ1) is 35.1. The van der Waals surface area contributed by atoms with E-state index in [4.69, 9.17) is 19.9 Å². The lowest BCUT2D eigenvalue weighted by atomic mass is 9.85. The highest BCUT2D eigenvalue weighted by Crippen LogP contribution is 2.37. The molecule has 0 unspecified atom stereocenters. The van der Waals surface area contributed by atoms with Crippen LogP contribution in [-0.4, -0.2) is 19.9 Å². The van der Waals surface area contributed by atoms with Crippen molar-refractivity contribution in [1.82, 2.24) is 19.9 Å². The molecule has 0 aliphatic rings. The van der Waals surface area contributed by atoms with Crippen molar-refractivity contribution in [3.8, 4) is 45.0 Å². The van der Waals surface area contributed by atoms with Crippen LogP contribution >= 0.6 is 0 Å². The molecule has 0 saturated carbocycles. The second-order valence-corrected chi connectivity index (χ2v) is 17.8. The van der Waals surface area contributed by atoms with Crippen LogP contribution in [0, 0.1) is 0 Å². The summed E-state index contributed by atoms with van der Waals surface area (Å²) < 4.78 is 0. The predicted octanol–water partition coefficient (Wildman–Crippen LogP) is 12.3. The fraction of sp³-hybridized carbons (Fsp3) is 0.348. The van der Waals surface area contributed by atoms with Crippen LogP contribution < -0.4 is 0 Å². The van der Waals surface area contributed by atoms with Gasteiger partial charge in [0.25, 0.3) is 0 Å². The molecule has 0 aliphatic heterocycles. The van der Waals surface area contributed by atoms with Crippen LogP contribution in [0.1, 0.15) is 105 Å². The summed E-state index contributed by atoms with van der Waals surface area (Å²) in [6.07, 6.45) is 0. The average Bonchev–Trinajstić information content (AvgIpc) is 3.06. The van der Waals surface area contributed by atoms with Gasteiger partial charge in [0.1, 0.15) is 0 Å². The van der Waals surface area contributed by atoms with Gasteiger partial charge in [0, 0.05) is 22.3 Å². The number of nitrogens with zero attached hydrogens (tertiary/aromatic N) is 4. The zero-order chi connectivity index (χ0) is 36.2. The molecule has 0 saturated heterocycles. The molecule has 0 N–H and O–H groups in total. The summed E-state index contributed by atoms with van der Waals surface area (Å²) in [4.78, 5) is 21.1. The molecule has 0 spiro atoms. The van der Waals surface area contributed by atoms with E-state index in [9.17, 15) is 0 Å². The molecule has 0 radical (unpaired) electrons. The van der Waals surface area contributed by atoms with Gasteiger partial charge in [-0.25, -0.2) is 19.9 Å². The van der Waals surface area contributed by atoms with Gasteiger partial charge in [-0.3, -0.25) is 0 Å². The van der Waals surface area contributed by atoms with Crippen LogP contribution in [-0.2, 0) is 21.7 Å². The molecule has 2 aromatic heterocycles. The molecule has 50 heavy (non-hydrogen) atoms. The SMILES string of the molecule is CC(C)(C)c1ccc(-c2nc3nc(-c4ccc(C(C)(C)C)cc4)c(-c4ccc(C(C)(C)C)cc4)nc3nc2-c2ccc(C(C)(C)C)cc2)cc1. The molecule has 4 heteroatoms. The largest absolute Gasteiger partial charge is 0.223 e. The van der Waals surface area contributed by atoms with E-state index in [0.29, 0.717) is 11.3 Å². The molecule has 6 aromatic rings. The first-order valence-electron chi connectivity index (χ1n) is 17.8. The summed E-state index contributed by atoms with van der Waals surface area (Å²) in [5.74, 6) is 0. The fourth-order valence-electron chi connectivity index (χ4n) is 6.20. The molecule has 4 aromatic carbocycles. The number of hydrogen-bond donors (Lipinski definition) is 0. The third kappa shape index (κ3) is 7.26.